The minimum absolute atomic E-state index is 0.133. The molecule has 1 saturated heterocycles. The molecule has 1 fully saturated rings. The summed E-state index contributed by atoms with van der Waals surface area (Å²) < 4.78 is 1.44. The minimum atomic E-state index is -0.906. The molecule has 6 nitrogen and oxygen atoms in total. The second-order valence-corrected chi connectivity index (χ2v) is 7.00. The van der Waals surface area contributed by atoms with E-state index in [1.54, 1.807) is 6.20 Å². The van der Waals surface area contributed by atoms with Gasteiger partial charge in [-0.2, -0.15) is 5.10 Å². The average molecular weight is 355 g/mol. The molecular formula is C20H25N3O3. The molecule has 3 rings (SSSR count). The molecule has 1 N–H and O–H groups in total. The molecule has 138 valence electrons. The van der Waals surface area contributed by atoms with Crippen molar-refractivity contribution in [1.29, 1.82) is 0 Å². The molecule has 2 aromatic rings. The van der Waals surface area contributed by atoms with Gasteiger partial charge >= 0.3 is 5.97 Å². The highest BCUT2D eigenvalue weighted by Crippen LogP contribution is 2.26. The highest BCUT2D eigenvalue weighted by Gasteiger charge is 2.26. The second kappa shape index (κ2) is 8.17. The number of amides is 1. The number of aryl methyl sites for hydroxylation is 2. The standard InChI is InChI=1S/C20H25N3O3/c1-15-4-6-16(7-5-15)8-9-19(24)22-11-2-3-17(13-22)18-10-12-23(21-18)14-20(25)26/h4-7,10,12,17H,2-3,8-9,11,13-14H2,1H3,(H,25,26). The van der Waals surface area contributed by atoms with Crippen molar-refractivity contribution in [3.05, 3.63) is 53.3 Å². The maximum absolute atomic E-state index is 12.6. The Balaban J connectivity index is 1.55. The summed E-state index contributed by atoms with van der Waals surface area (Å²) >= 11 is 0. The van der Waals surface area contributed by atoms with Crippen molar-refractivity contribution in [2.45, 2.75) is 45.1 Å². The summed E-state index contributed by atoms with van der Waals surface area (Å²) in [7, 11) is 0. The first-order chi connectivity index (χ1) is 12.5. The Kier molecular flexibility index (Phi) is 5.71. The molecule has 0 spiro atoms. The molecule has 1 aromatic heterocycles. The summed E-state index contributed by atoms with van der Waals surface area (Å²) in [5.41, 5.74) is 3.29. The third kappa shape index (κ3) is 4.71. The Hall–Kier alpha value is -2.63. The Bertz CT molecular complexity index is 767. The zero-order valence-corrected chi connectivity index (χ0v) is 15.1. The highest BCUT2D eigenvalue weighted by molar-refractivity contribution is 5.76. The number of hydrogen-bond donors (Lipinski definition) is 1. The molecule has 0 radical (unpaired) electrons. The molecule has 1 aliphatic rings. The Morgan fingerprint density at radius 2 is 2.00 bits per heavy atom. The lowest BCUT2D eigenvalue weighted by atomic mass is 9.94. The van der Waals surface area contributed by atoms with E-state index in [1.165, 1.54) is 15.8 Å². The van der Waals surface area contributed by atoms with E-state index in [0.717, 1.165) is 31.5 Å². The number of aliphatic carboxylic acids is 1. The summed E-state index contributed by atoms with van der Waals surface area (Å²) in [5.74, 6) is -0.543. The minimum Gasteiger partial charge on any atom is -0.480 e. The Labute approximate surface area is 153 Å². The van der Waals surface area contributed by atoms with Crippen LogP contribution in [0.4, 0.5) is 0 Å². The SMILES string of the molecule is Cc1ccc(CCC(=O)N2CCCC(c3ccn(CC(=O)O)n3)C2)cc1. The van der Waals surface area contributed by atoms with E-state index in [4.69, 9.17) is 5.11 Å². The van der Waals surface area contributed by atoms with Crippen molar-refractivity contribution < 1.29 is 14.7 Å². The van der Waals surface area contributed by atoms with Crippen LogP contribution in [-0.4, -0.2) is 44.8 Å². The van der Waals surface area contributed by atoms with E-state index in [9.17, 15) is 9.59 Å². The van der Waals surface area contributed by atoms with E-state index in [2.05, 4.69) is 36.3 Å². The fourth-order valence-electron chi connectivity index (χ4n) is 3.43. The lowest BCUT2D eigenvalue weighted by molar-refractivity contribution is -0.138. The first-order valence-electron chi connectivity index (χ1n) is 9.10. The van der Waals surface area contributed by atoms with Gasteiger partial charge in [0.2, 0.25) is 5.91 Å². The molecular weight excluding hydrogens is 330 g/mol. The molecule has 2 heterocycles. The van der Waals surface area contributed by atoms with Gasteiger partial charge in [-0.3, -0.25) is 14.3 Å². The smallest absolute Gasteiger partial charge is 0.325 e. The van der Waals surface area contributed by atoms with E-state index in [0.29, 0.717) is 13.0 Å². The van der Waals surface area contributed by atoms with Crippen LogP contribution in [0.2, 0.25) is 0 Å². The predicted molar refractivity (Wildman–Crippen MR) is 97.9 cm³/mol. The summed E-state index contributed by atoms with van der Waals surface area (Å²) in [6.45, 7) is 3.38. The van der Waals surface area contributed by atoms with Crippen LogP contribution in [0.3, 0.4) is 0 Å². The number of carboxylic acid groups (broad SMARTS) is 1. The summed E-state index contributed by atoms with van der Waals surface area (Å²) in [4.78, 5) is 25.3. The molecule has 1 aromatic carbocycles. The van der Waals surface area contributed by atoms with Gasteiger partial charge in [0, 0.05) is 31.6 Å². The highest BCUT2D eigenvalue weighted by atomic mass is 16.4. The van der Waals surface area contributed by atoms with E-state index < -0.39 is 5.97 Å². The van der Waals surface area contributed by atoms with Crippen LogP contribution >= 0.6 is 0 Å². The average Bonchev–Trinajstić information content (AvgIpc) is 3.09. The van der Waals surface area contributed by atoms with Crippen LogP contribution in [0.5, 0.6) is 0 Å². The van der Waals surface area contributed by atoms with Crippen molar-refractivity contribution in [3.8, 4) is 0 Å². The summed E-state index contributed by atoms with van der Waals surface area (Å²) in [5, 5.41) is 13.2. The van der Waals surface area contributed by atoms with Crippen molar-refractivity contribution >= 4 is 11.9 Å². The number of hydrogen-bond acceptors (Lipinski definition) is 3. The van der Waals surface area contributed by atoms with Crippen LogP contribution < -0.4 is 0 Å². The number of benzene rings is 1. The maximum atomic E-state index is 12.6. The van der Waals surface area contributed by atoms with Crippen LogP contribution in [-0.2, 0) is 22.6 Å². The van der Waals surface area contributed by atoms with Gasteiger partial charge in [-0.15, -0.1) is 0 Å². The fraction of sp³-hybridized carbons (Fsp3) is 0.450. The van der Waals surface area contributed by atoms with E-state index in [-0.39, 0.29) is 18.4 Å². The number of rotatable bonds is 6. The first kappa shape index (κ1) is 18.2. The fourth-order valence-corrected chi connectivity index (χ4v) is 3.43. The third-order valence-corrected chi connectivity index (χ3v) is 4.90. The molecule has 26 heavy (non-hydrogen) atoms. The van der Waals surface area contributed by atoms with Crippen LogP contribution in [0.1, 0.15) is 42.0 Å². The number of carboxylic acids is 1. The van der Waals surface area contributed by atoms with E-state index >= 15 is 0 Å². The molecule has 1 amide bonds. The normalized spacial score (nSPS) is 17.3. The van der Waals surface area contributed by atoms with E-state index in [1.807, 2.05) is 11.0 Å². The quantitative estimate of drug-likeness (QED) is 0.864. The maximum Gasteiger partial charge on any atom is 0.325 e. The first-order valence-corrected chi connectivity index (χ1v) is 9.10. The largest absolute Gasteiger partial charge is 0.480 e. The lowest BCUT2D eigenvalue weighted by Gasteiger charge is -2.32. The van der Waals surface area contributed by atoms with Gasteiger partial charge in [0.05, 0.1) is 5.69 Å². The molecule has 0 aliphatic carbocycles. The number of aromatic nitrogens is 2. The van der Waals surface area contributed by atoms with Crippen molar-refractivity contribution in [2.24, 2.45) is 0 Å². The zero-order valence-electron chi connectivity index (χ0n) is 15.1. The third-order valence-electron chi connectivity index (χ3n) is 4.90. The Morgan fingerprint density at radius 1 is 1.23 bits per heavy atom. The number of nitrogens with zero attached hydrogens (tertiary/aromatic N) is 3. The van der Waals surface area contributed by atoms with Crippen LogP contribution in [0.25, 0.3) is 0 Å². The van der Waals surface area contributed by atoms with Gasteiger partial charge in [0.15, 0.2) is 0 Å². The van der Waals surface area contributed by atoms with Gasteiger partial charge in [-0.25, -0.2) is 0 Å². The van der Waals surface area contributed by atoms with Crippen molar-refractivity contribution in [1.82, 2.24) is 14.7 Å². The number of carbonyl (C=O) groups is 2. The second-order valence-electron chi connectivity index (χ2n) is 7.00. The predicted octanol–water partition coefficient (Wildman–Crippen LogP) is 2.61. The summed E-state index contributed by atoms with van der Waals surface area (Å²) in [6, 6.07) is 10.2. The Morgan fingerprint density at radius 3 is 2.73 bits per heavy atom. The summed E-state index contributed by atoms with van der Waals surface area (Å²) in [6.07, 6.45) is 4.90. The lowest BCUT2D eigenvalue weighted by Crippen LogP contribution is -2.39. The molecule has 0 saturated carbocycles. The van der Waals surface area contributed by atoms with Gasteiger partial charge < -0.3 is 10.0 Å². The number of piperidine rings is 1. The monoisotopic (exact) mass is 355 g/mol. The van der Waals surface area contributed by atoms with Gasteiger partial charge in [0.25, 0.3) is 0 Å². The molecule has 1 aliphatic heterocycles. The van der Waals surface area contributed by atoms with Crippen molar-refractivity contribution in [3.63, 3.8) is 0 Å². The number of carbonyl (C=O) groups excluding carboxylic acids is 1. The van der Waals surface area contributed by atoms with Crippen LogP contribution in [0.15, 0.2) is 36.5 Å². The molecule has 0 bridgehead atoms. The molecule has 1 unspecified atom stereocenters. The van der Waals surface area contributed by atoms with Gasteiger partial charge in [-0.05, 0) is 37.8 Å². The molecule has 6 heteroatoms. The number of likely N-dealkylation sites (tertiary alicyclic amines) is 1. The zero-order chi connectivity index (χ0) is 18.5. The van der Waals surface area contributed by atoms with Crippen LogP contribution in [0, 0.1) is 6.92 Å². The topological polar surface area (TPSA) is 75.4 Å². The van der Waals surface area contributed by atoms with Gasteiger partial charge in [0.1, 0.15) is 6.54 Å². The van der Waals surface area contributed by atoms with Gasteiger partial charge in [-0.1, -0.05) is 29.8 Å². The van der Waals surface area contributed by atoms with Crippen molar-refractivity contribution in [2.75, 3.05) is 13.1 Å². The molecule has 1 atom stereocenters.